The van der Waals surface area contributed by atoms with Crippen LogP contribution < -0.4 is 5.32 Å². The molecule has 1 saturated heterocycles. The lowest BCUT2D eigenvalue weighted by Gasteiger charge is -2.39. The molecule has 0 aliphatic carbocycles. The molecule has 1 aliphatic rings. The first kappa shape index (κ1) is 16.9. The van der Waals surface area contributed by atoms with Crippen LogP contribution in [0.2, 0.25) is 0 Å². The highest BCUT2D eigenvalue weighted by Gasteiger charge is 2.40. The van der Waals surface area contributed by atoms with Crippen LogP contribution in [0.25, 0.3) is 0 Å². The standard InChI is InChI=1S/C18H20N4O3/c23-15-8-7-14(17(24)25)16(13-5-2-1-3-6-13)22(15)12-11-21-18-19-9-4-10-20-18/h1-6,9-10,14,16H,7-8,11-12H2,(H,24,25)(H,19,20,21)/t14-,16-/m0/s1. The summed E-state index contributed by atoms with van der Waals surface area (Å²) < 4.78 is 0. The SMILES string of the molecule is O=C(O)[C@H]1CCC(=O)N(CCNc2ncccn2)[C@H]1c1ccccc1. The van der Waals surface area contributed by atoms with E-state index in [1.807, 2.05) is 30.3 Å². The van der Waals surface area contributed by atoms with Crippen molar-refractivity contribution in [2.45, 2.75) is 18.9 Å². The molecular formula is C18H20N4O3. The van der Waals surface area contributed by atoms with Crippen LogP contribution in [0.5, 0.6) is 0 Å². The number of carboxylic acid groups (broad SMARTS) is 1. The van der Waals surface area contributed by atoms with Gasteiger partial charge in [0.2, 0.25) is 11.9 Å². The summed E-state index contributed by atoms with van der Waals surface area (Å²) in [5.41, 5.74) is 0.846. The Balaban J connectivity index is 1.77. The van der Waals surface area contributed by atoms with Crippen LogP contribution in [-0.2, 0) is 9.59 Å². The summed E-state index contributed by atoms with van der Waals surface area (Å²) in [5.74, 6) is -1.01. The third-order valence-electron chi connectivity index (χ3n) is 4.37. The Hall–Kier alpha value is -2.96. The normalized spacial score (nSPS) is 20.3. The Morgan fingerprint density at radius 3 is 2.60 bits per heavy atom. The number of rotatable bonds is 6. The van der Waals surface area contributed by atoms with Gasteiger partial charge in [0.25, 0.3) is 0 Å². The highest BCUT2D eigenvalue weighted by Crippen LogP contribution is 2.36. The van der Waals surface area contributed by atoms with Gasteiger partial charge in [0.1, 0.15) is 0 Å². The van der Waals surface area contributed by atoms with Crippen molar-refractivity contribution in [3.05, 3.63) is 54.4 Å². The average Bonchev–Trinajstić information content (AvgIpc) is 2.64. The van der Waals surface area contributed by atoms with E-state index in [1.165, 1.54) is 0 Å². The molecule has 0 unspecified atom stereocenters. The molecule has 1 aromatic heterocycles. The van der Waals surface area contributed by atoms with Gasteiger partial charge in [-0.3, -0.25) is 9.59 Å². The number of hydrogen-bond donors (Lipinski definition) is 2. The summed E-state index contributed by atoms with van der Waals surface area (Å²) in [5, 5.41) is 12.7. The Bertz CT molecular complexity index is 724. The number of likely N-dealkylation sites (tertiary alicyclic amines) is 1. The maximum absolute atomic E-state index is 12.5. The van der Waals surface area contributed by atoms with Crippen molar-refractivity contribution >= 4 is 17.8 Å². The minimum atomic E-state index is -0.870. The Morgan fingerprint density at radius 2 is 1.92 bits per heavy atom. The van der Waals surface area contributed by atoms with Crippen LogP contribution in [0.1, 0.15) is 24.4 Å². The first-order chi connectivity index (χ1) is 12.2. The quantitative estimate of drug-likeness (QED) is 0.834. The topological polar surface area (TPSA) is 95.4 Å². The van der Waals surface area contributed by atoms with Crippen LogP contribution in [0.4, 0.5) is 5.95 Å². The van der Waals surface area contributed by atoms with E-state index >= 15 is 0 Å². The van der Waals surface area contributed by atoms with Crippen molar-refractivity contribution < 1.29 is 14.7 Å². The summed E-state index contributed by atoms with van der Waals surface area (Å²) in [6.07, 6.45) is 3.88. The summed E-state index contributed by atoms with van der Waals surface area (Å²) in [7, 11) is 0. The second-order valence-electron chi connectivity index (χ2n) is 5.93. The monoisotopic (exact) mass is 340 g/mol. The zero-order valence-corrected chi connectivity index (χ0v) is 13.7. The number of benzene rings is 1. The highest BCUT2D eigenvalue weighted by atomic mass is 16.4. The molecule has 0 spiro atoms. The molecule has 1 aliphatic heterocycles. The second-order valence-corrected chi connectivity index (χ2v) is 5.93. The number of amides is 1. The third kappa shape index (κ3) is 3.93. The number of aliphatic carboxylic acids is 1. The lowest BCUT2D eigenvalue weighted by atomic mass is 9.84. The summed E-state index contributed by atoms with van der Waals surface area (Å²) in [6, 6.07) is 10.6. The first-order valence-corrected chi connectivity index (χ1v) is 8.25. The van der Waals surface area contributed by atoms with Gasteiger partial charge < -0.3 is 15.3 Å². The van der Waals surface area contributed by atoms with Crippen molar-refractivity contribution in [3.8, 4) is 0 Å². The van der Waals surface area contributed by atoms with E-state index in [2.05, 4.69) is 15.3 Å². The van der Waals surface area contributed by atoms with Gasteiger partial charge in [-0.1, -0.05) is 30.3 Å². The Labute approximate surface area is 145 Å². The minimum Gasteiger partial charge on any atom is -0.481 e. The molecule has 2 atom stereocenters. The fraction of sp³-hybridized carbons (Fsp3) is 0.333. The minimum absolute atomic E-state index is 0.0258. The summed E-state index contributed by atoms with van der Waals surface area (Å²) >= 11 is 0. The number of carboxylic acids is 1. The fourth-order valence-electron chi connectivity index (χ4n) is 3.22. The number of piperidine rings is 1. The molecule has 3 rings (SSSR count). The summed E-state index contributed by atoms with van der Waals surface area (Å²) in [6.45, 7) is 0.839. The number of nitrogens with zero attached hydrogens (tertiary/aromatic N) is 3. The fourth-order valence-corrected chi connectivity index (χ4v) is 3.22. The van der Waals surface area contributed by atoms with E-state index in [0.29, 0.717) is 25.5 Å². The molecular weight excluding hydrogens is 320 g/mol. The van der Waals surface area contributed by atoms with Gasteiger partial charge in [0.15, 0.2) is 0 Å². The molecule has 2 aromatic rings. The molecule has 1 fully saturated rings. The van der Waals surface area contributed by atoms with Crippen molar-refractivity contribution in [1.82, 2.24) is 14.9 Å². The van der Waals surface area contributed by atoms with E-state index < -0.39 is 17.9 Å². The van der Waals surface area contributed by atoms with E-state index in [1.54, 1.807) is 23.4 Å². The lowest BCUT2D eigenvalue weighted by Crippen LogP contribution is -2.47. The highest BCUT2D eigenvalue weighted by molar-refractivity contribution is 5.81. The number of aromatic nitrogens is 2. The molecule has 7 heteroatoms. The summed E-state index contributed by atoms with van der Waals surface area (Å²) in [4.78, 5) is 34.0. The van der Waals surface area contributed by atoms with Crippen LogP contribution in [0, 0.1) is 5.92 Å². The van der Waals surface area contributed by atoms with Crippen LogP contribution in [0.3, 0.4) is 0 Å². The van der Waals surface area contributed by atoms with E-state index in [0.717, 1.165) is 5.56 Å². The van der Waals surface area contributed by atoms with Crippen LogP contribution in [0.15, 0.2) is 48.8 Å². The second kappa shape index (κ2) is 7.74. The van der Waals surface area contributed by atoms with E-state index in [-0.39, 0.29) is 12.3 Å². The number of carbonyl (C=O) groups excluding carboxylic acids is 1. The molecule has 25 heavy (non-hydrogen) atoms. The molecule has 2 N–H and O–H groups in total. The molecule has 2 heterocycles. The molecule has 0 saturated carbocycles. The molecule has 1 amide bonds. The molecule has 0 radical (unpaired) electrons. The predicted octanol–water partition coefficient (Wildman–Crippen LogP) is 1.95. The Morgan fingerprint density at radius 1 is 1.20 bits per heavy atom. The van der Waals surface area contributed by atoms with Gasteiger partial charge in [-0.05, 0) is 18.1 Å². The van der Waals surface area contributed by atoms with Gasteiger partial charge in [-0.25, -0.2) is 9.97 Å². The van der Waals surface area contributed by atoms with Gasteiger partial charge >= 0.3 is 5.97 Å². The van der Waals surface area contributed by atoms with Crippen LogP contribution in [-0.4, -0.2) is 44.9 Å². The van der Waals surface area contributed by atoms with Crippen molar-refractivity contribution in [3.63, 3.8) is 0 Å². The smallest absolute Gasteiger partial charge is 0.308 e. The number of nitrogens with one attached hydrogen (secondary N) is 1. The Kier molecular flexibility index (Phi) is 5.23. The van der Waals surface area contributed by atoms with Gasteiger partial charge in [0, 0.05) is 31.9 Å². The van der Waals surface area contributed by atoms with Crippen molar-refractivity contribution in [1.29, 1.82) is 0 Å². The van der Waals surface area contributed by atoms with Gasteiger partial charge in [-0.2, -0.15) is 0 Å². The molecule has 130 valence electrons. The lowest BCUT2D eigenvalue weighted by molar-refractivity contribution is -0.151. The maximum Gasteiger partial charge on any atom is 0.308 e. The zero-order valence-electron chi connectivity index (χ0n) is 13.7. The average molecular weight is 340 g/mol. The molecule has 1 aromatic carbocycles. The van der Waals surface area contributed by atoms with E-state index in [9.17, 15) is 14.7 Å². The number of hydrogen-bond acceptors (Lipinski definition) is 5. The van der Waals surface area contributed by atoms with E-state index in [4.69, 9.17) is 0 Å². The zero-order chi connectivity index (χ0) is 17.6. The molecule has 7 nitrogen and oxygen atoms in total. The molecule has 0 bridgehead atoms. The number of anilines is 1. The van der Waals surface area contributed by atoms with Crippen molar-refractivity contribution in [2.75, 3.05) is 18.4 Å². The first-order valence-electron chi connectivity index (χ1n) is 8.25. The number of carbonyl (C=O) groups is 2. The maximum atomic E-state index is 12.5. The third-order valence-corrected chi connectivity index (χ3v) is 4.37. The van der Waals surface area contributed by atoms with Gasteiger partial charge in [-0.15, -0.1) is 0 Å². The van der Waals surface area contributed by atoms with Crippen LogP contribution >= 0.6 is 0 Å². The van der Waals surface area contributed by atoms with Crippen molar-refractivity contribution in [2.24, 2.45) is 5.92 Å². The predicted molar refractivity (Wildman–Crippen MR) is 91.8 cm³/mol. The largest absolute Gasteiger partial charge is 0.481 e. The van der Waals surface area contributed by atoms with Gasteiger partial charge in [0.05, 0.1) is 12.0 Å².